The van der Waals surface area contributed by atoms with Crippen LogP contribution in [0.2, 0.25) is 5.15 Å². The number of hydrogen-bond acceptors (Lipinski definition) is 3. The van der Waals surface area contributed by atoms with Crippen LogP contribution in [-0.2, 0) is 11.3 Å². The van der Waals surface area contributed by atoms with Crippen LogP contribution in [0.1, 0.15) is 32.0 Å². The summed E-state index contributed by atoms with van der Waals surface area (Å²) in [5, 5.41) is 0.436. The monoisotopic (exact) mass is 280 g/mol. The molecule has 1 aromatic heterocycles. The first-order valence-electron chi connectivity index (χ1n) is 6.08. The van der Waals surface area contributed by atoms with Gasteiger partial charge in [-0.1, -0.05) is 24.2 Å². The van der Waals surface area contributed by atoms with Crippen molar-refractivity contribution in [3.05, 3.63) is 35.1 Å². The van der Waals surface area contributed by atoms with Crippen LogP contribution in [0.5, 0.6) is 0 Å². The second-order valence-electron chi connectivity index (χ2n) is 5.58. The Morgan fingerprint density at radius 1 is 1.42 bits per heavy atom. The highest BCUT2D eigenvalue weighted by Crippen LogP contribution is 2.27. The highest BCUT2D eigenvalue weighted by Gasteiger charge is 2.27. The van der Waals surface area contributed by atoms with Crippen molar-refractivity contribution in [2.24, 2.45) is 0 Å². The van der Waals surface area contributed by atoms with E-state index >= 15 is 0 Å². The van der Waals surface area contributed by atoms with Crippen LogP contribution in [0.15, 0.2) is 18.7 Å². The first-order chi connectivity index (χ1) is 8.76. The van der Waals surface area contributed by atoms with E-state index in [1.807, 2.05) is 26.8 Å². The van der Waals surface area contributed by atoms with Gasteiger partial charge in [-0.2, -0.15) is 0 Å². The lowest BCUT2D eigenvalue weighted by atomic mass is 10.0. The van der Waals surface area contributed by atoms with Gasteiger partial charge in [-0.3, -0.25) is 4.90 Å². The summed E-state index contributed by atoms with van der Waals surface area (Å²) in [6.07, 6.45) is -0.339. The third kappa shape index (κ3) is 3.26. The molecule has 4 nitrogen and oxygen atoms in total. The van der Waals surface area contributed by atoms with E-state index in [9.17, 15) is 4.79 Å². The SMILES string of the molecule is C=C1CN(C(=O)OC(C)(C)C)Cc2ccc(Cl)nc21. The average Bonchev–Trinajstić information content (AvgIpc) is 2.27. The predicted molar refractivity (Wildman–Crippen MR) is 74.9 cm³/mol. The van der Waals surface area contributed by atoms with Gasteiger partial charge in [0.05, 0.1) is 18.8 Å². The molecule has 0 saturated heterocycles. The number of aromatic nitrogens is 1. The second kappa shape index (κ2) is 4.85. The number of amides is 1. The number of ether oxygens (including phenoxy) is 1. The number of hydrogen-bond donors (Lipinski definition) is 0. The van der Waals surface area contributed by atoms with Gasteiger partial charge in [0, 0.05) is 0 Å². The second-order valence-corrected chi connectivity index (χ2v) is 5.97. The number of halogens is 1. The van der Waals surface area contributed by atoms with E-state index in [0.717, 1.165) is 16.8 Å². The van der Waals surface area contributed by atoms with Crippen LogP contribution >= 0.6 is 11.6 Å². The van der Waals surface area contributed by atoms with Crippen molar-refractivity contribution in [3.63, 3.8) is 0 Å². The molecular formula is C14H17ClN2O2. The Balaban J connectivity index is 2.19. The fraction of sp³-hybridized carbons (Fsp3) is 0.429. The van der Waals surface area contributed by atoms with Gasteiger partial charge in [-0.05, 0) is 38.0 Å². The van der Waals surface area contributed by atoms with E-state index in [0.29, 0.717) is 18.2 Å². The fourth-order valence-corrected chi connectivity index (χ4v) is 2.07. The average molecular weight is 281 g/mol. The molecule has 19 heavy (non-hydrogen) atoms. The van der Waals surface area contributed by atoms with E-state index in [1.54, 1.807) is 11.0 Å². The van der Waals surface area contributed by atoms with E-state index in [1.165, 1.54) is 0 Å². The van der Waals surface area contributed by atoms with Crippen LogP contribution in [-0.4, -0.2) is 28.1 Å². The van der Waals surface area contributed by atoms with Crippen molar-refractivity contribution in [1.82, 2.24) is 9.88 Å². The zero-order valence-electron chi connectivity index (χ0n) is 11.4. The summed E-state index contributed by atoms with van der Waals surface area (Å²) in [5.41, 5.74) is 1.99. The molecular weight excluding hydrogens is 264 g/mol. The molecule has 0 fully saturated rings. The molecule has 2 heterocycles. The summed E-state index contributed by atoms with van der Waals surface area (Å²) in [6.45, 7) is 10.4. The number of pyridine rings is 1. The maximum absolute atomic E-state index is 12.1. The van der Waals surface area contributed by atoms with Crippen LogP contribution < -0.4 is 0 Å². The highest BCUT2D eigenvalue weighted by molar-refractivity contribution is 6.29. The van der Waals surface area contributed by atoms with Crippen molar-refractivity contribution < 1.29 is 9.53 Å². The normalized spacial score (nSPS) is 15.2. The Bertz CT molecular complexity index is 535. The van der Waals surface area contributed by atoms with Crippen molar-refractivity contribution in [1.29, 1.82) is 0 Å². The lowest BCUT2D eigenvalue weighted by Gasteiger charge is -2.31. The molecule has 0 aromatic carbocycles. The van der Waals surface area contributed by atoms with Crippen LogP contribution in [0, 0.1) is 0 Å². The van der Waals surface area contributed by atoms with Gasteiger partial charge in [-0.25, -0.2) is 9.78 Å². The lowest BCUT2D eigenvalue weighted by Crippen LogP contribution is -2.39. The molecule has 0 unspecified atom stereocenters. The summed E-state index contributed by atoms with van der Waals surface area (Å²) < 4.78 is 5.36. The Morgan fingerprint density at radius 3 is 2.74 bits per heavy atom. The van der Waals surface area contributed by atoms with E-state index in [4.69, 9.17) is 16.3 Å². The predicted octanol–water partition coefficient (Wildman–Crippen LogP) is 3.50. The molecule has 0 radical (unpaired) electrons. The topological polar surface area (TPSA) is 42.4 Å². The molecule has 5 heteroatoms. The Kier molecular flexibility index (Phi) is 3.54. The van der Waals surface area contributed by atoms with Crippen LogP contribution in [0.3, 0.4) is 0 Å². The quantitative estimate of drug-likeness (QED) is 0.683. The van der Waals surface area contributed by atoms with E-state index < -0.39 is 5.60 Å². The van der Waals surface area contributed by atoms with Crippen LogP contribution in [0.25, 0.3) is 5.57 Å². The maximum Gasteiger partial charge on any atom is 0.410 e. The molecule has 1 aliphatic rings. The Hall–Kier alpha value is -1.55. The van der Waals surface area contributed by atoms with E-state index in [2.05, 4.69) is 11.6 Å². The summed E-state index contributed by atoms with van der Waals surface area (Å²) in [7, 11) is 0. The van der Waals surface area contributed by atoms with Crippen LogP contribution in [0.4, 0.5) is 4.79 Å². The minimum absolute atomic E-state index is 0.339. The van der Waals surface area contributed by atoms with Crippen molar-refractivity contribution in [3.8, 4) is 0 Å². The third-order valence-electron chi connectivity index (χ3n) is 2.67. The number of carbonyl (C=O) groups is 1. The summed E-state index contributed by atoms with van der Waals surface area (Å²) >= 11 is 5.87. The fourth-order valence-electron chi connectivity index (χ4n) is 1.92. The minimum atomic E-state index is -0.503. The van der Waals surface area contributed by atoms with Crippen molar-refractivity contribution in [2.45, 2.75) is 32.9 Å². The van der Waals surface area contributed by atoms with Gasteiger partial charge in [0.2, 0.25) is 0 Å². The Labute approximate surface area is 118 Å². The molecule has 1 aliphatic heterocycles. The molecule has 0 bridgehead atoms. The molecule has 0 spiro atoms. The first-order valence-corrected chi connectivity index (χ1v) is 6.45. The van der Waals surface area contributed by atoms with E-state index in [-0.39, 0.29) is 6.09 Å². The van der Waals surface area contributed by atoms with Gasteiger partial charge >= 0.3 is 6.09 Å². The molecule has 0 aliphatic carbocycles. The van der Waals surface area contributed by atoms with Crippen molar-refractivity contribution in [2.75, 3.05) is 6.54 Å². The Morgan fingerprint density at radius 2 is 2.11 bits per heavy atom. The number of carbonyl (C=O) groups excluding carboxylic acids is 1. The third-order valence-corrected chi connectivity index (χ3v) is 2.88. The standard InChI is InChI=1S/C14H17ClN2O2/c1-9-7-17(13(18)19-14(2,3)4)8-10-5-6-11(15)16-12(9)10/h5-6H,1,7-8H2,2-4H3. The van der Waals surface area contributed by atoms with Crippen molar-refractivity contribution >= 4 is 23.3 Å². The number of fused-ring (bicyclic) bond motifs is 1. The smallest absolute Gasteiger partial charge is 0.410 e. The molecule has 0 N–H and O–H groups in total. The number of nitrogens with zero attached hydrogens (tertiary/aromatic N) is 2. The summed E-state index contributed by atoms with van der Waals surface area (Å²) in [6, 6.07) is 3.58. The summed E-state index contributed by atoms with van der Waals surface area (Å²) in [4.78, 5) is 17.9. The molecule has 1 amide bonds. The zero-order chi connectivity index (χ0) is 14.2. The van der Waals surface area contributed by atoms with Gasteiger partial charge in [0.25, 0.3) is 0 Å². The minimum Gasteiger partial charge on any atom is -0.444 e. The first kappa shape index (κ1) is 13.9. The van der Waals surface area contributed by atoms with Gasteiger partial charge in [0.1, 0.15) is 10.8 Å². The zero-order valence-corrected chi connectivity index (χ0v) is 12.1. The molecule has 0 saturated carbocycles. The molecule has 102 valence electrons. The molecule has 0 atom stereocenters. The summed E-state index contributed by atoms with van der Waals surface area (Å²) in [5.74, 6) is 0. The van der Waals surface area contributed by atoms with Gasteiger partial charge in [-0.15, -0.1) is 0 Å². The largest absolute Gasteiger partial charge is 0.444 e. The highest BCUT2D eigenvalue weighted by atomic mass is 35.5. The lowest BCUT2D eigenvalue weighted by molar-refractivity contribution is 0.0254. The van der Waals surface area contributed by atoms with Gasteiger partial charge < -0.3 is 4.74 Å². The molecule has 1 aromatic rings. The van der Waals surface area contributed by atoms with Gasteiger partial charge in [0.15, 0.2) is 0 Å². The molecule has 2 rings (SSSR count). The maximum atomic E-state index is 12.1. The number of rotatable bonds is 0.